The summed E-state index contributed by atoms with van der Waals surface area (Å²) in [6.07, 6.45) is 6.63. The summed E-state index contributed by atoms with van der Waals surface area (Å²) in [7, 11) is 0. The van der Waals surface area contributed by atoms with E-state index >= 15 is 0 Å². The van der Waals surface area contributed by atoms with Crippen LogP contribution in [0.3, 0.4) is 0 Å². The molecule has 0 atom stereocenters. The van der Waals surface area contributed by atoms with E-state index in [0.29, 0.717) is 23.6 Å². The summed E-state index contributed by atoms with van der Waals surface area (Å²) < 4.78 is 1.69. The van der Waals surface area contributed by atoms with Crippen LogP contribution in [0, 0.1) is 0 Å². The van der Waals surface area contributed by atoms with E-state index in [-0.39, 0.29) is 5.91 Å². The van der Waals surface area contributed by atoms with Gasteiger partial charge in [0.05, 0.1) is 18.1 Å². The molecule has 0 saturated carbocycles. The maximum Gasteiger partial charge on any atom is 0.251 e. The van der Waals surface area contributed by atoms with E-state index in [4.69, 9.17) is 0 Å². The lowest BCUT2D eigenvalue weighted by Crippen LogP contribution is -2.22. The van der Waals surface area contributed by atoms with Gasteiger partial charge < -0.3 is 10.6 Å². The van der Waals surface area contributed by atoms with Crippen molar-refractivity contribution in [2.45, 2.75) is 6.92 Å². The first kappa shape index (κ1) is 15.8. The van der Waals surface area contributed by atoms with Crippen LogP contribution in [0.15, 0.2) is 49.2 Å². The monoisotopic (exact) mass is 348 g/mol. The van der Waals surface area contributed by atoms with E-state index in [2.05, 4.69) is 35.9 Å². The quantitative estimate of drug-likeness (QED) is 0.508. The molecule has 0 radical (unpaired) electrons. The first-order valence-electron chi connectivity index (χ1n) is 8.09. The van der Waals surface area contributed by atoms with Crippen LogP contribution < -0.4 is 10.6 Å². The number of fused-ring (bicyclic) bond motifs is 1. The van der Waals surface area contributed by atoms with Gasteiger partial charge in [0.25, 0.3) is 5.91 Å². The van der Waals surface area contributed by atoms with Crippen LogP contribution in [0.4, 0.5) is 11.5 Å². The Kier molecular flexibility index (Phi) is 4.02. The number of benzene rings is 1. The molecule has 0 fully saturated rings. The molecule has 9 heteroatoms. The lowest BCUT2D eigenvalue weighted by molar-refractivity contribution is 0.0956. The first-order chi connectivity index (χ1) is 12.8. The standard InChI is InChI=1S/C17H16N8O/c1-2-18-17(26)11-4-3-5-13(6-11)24-15-16-20-10-23-25(16)14(9-19-15)12-7-21-22-8-12/h3-10H,2H2,1H3,(H,18,26)(H,19,24)(H,21,22). The number of hydrogen-bond acceptors (Lipinski definition) is 6. The fourth-order valence-electron chi connectivity index (χ4n) is 2.63. The van der Waals surface area contributed by atoms with Crippen molar-refractivity contribution >= 4 is 23.1 Å². The Morgan fingerprint density at radius 1 is 1.27 bits per heavy atom. The zero-order chi connectivity index (χ0) is 17.9. The van der Waals surface area contributed by atoms with Crippen LogP contribution in [0.25, 0.3) is 16.9 Å². The molecule has 3 N–H and O–H groups in total. The number of H-pyrrole nitrogens is 1. The predicted octanol–water partition coefficient (Wildman–Crippen LogP) is 2.01. The van der Waals surface area contributed by atoms with Gasteiger partial charge in [-0.15, -0.1) is 0 Å². The van der Waals surface area contributed by atoms with Crippen molar-refractivity contribution in [3.63, 3.8) is 0 Å². The van der Waals surface area contributed by atoms with E-state index in [1.165, 1.54) is 6.33 Å². The summed E-state index contributed by atoms with van der Waals surface area (Å²) in [4.78, 5) is 20.8. The van der Waals surface area contributed by atoms with Crippen LogP contribution in [0.1, 0.15) is 17.3 Å². The third-order valence-corrected chi connectivity index (χ3v) is 3.82. The Labute approximate surface area is 148 Å². The summed E-state index contributed by atoms with van der Waals surface area (Å²) in [5.74, 6) is 0.426. The summed E-state index contributed by atoms with van der Waals surface area (Å²) in [5.41, 5.74) is 3.52. The number of amides is 1. The van der Waals surface area contributed by atoms with E-state index in [0.717, 1.165) is 16.9 Å². The molecule has 0 aliphatic heterocycles. The van der Waals surface area contributed by atoms with Gasteiger partial charge in [-0.05, 0) is 25.1 Å². The highest BCUT2D eigenvalue weighted by atomic mass is 16.1. The Hall–Kier alpha value is -3.75. The second-order valence-corrected chi connectivity index (χ2v) is 5.54. The van der Waals surface area contributed by atoms with Crippen molar-refractivity contribution < 1.29 is 4.79 Å². The molecule has 4 aromatic rings. The van der Waals surface area contributed by atoms with Gasteiger partial charge in [-0.1, -0.05) is 6.07 Å². The van der Waals surface area contributed by atoms with Gasteiger partial charge in [0.15, 0.2) is 11.5 Å². The van der Waals surface area contributed by atoms with Gasteiger partial charge in [-0.2, -0.15) is 10.2 Å². The van der Waals surface area contributed by atoms with Gasteiger partial charge in [-0.3, -0.25) is 9.89 Å². The van der Waals surface area contributed by atoms with E-state index in [1.54, 1.807) is 35.2 Å². The molecule has 0 bridgehead atoms. The second-order valence-electron chi connectivity index (χ2n) is 5.54. The zero-order valence-corrected chi connectivity index (χ0v) is 14.0. The lowest BCUT2D eigenvalue weighted by atomic mass is 10.2. The number of carbonyl (C=O) groups is 1. The largest absolute Gasteiger partial charge is 0.352 e. The molecule has 1 aromatic carbocycles. The normalized spacial score (nSPS) is 10.8. The van der Waals surface area contributed by atoms with E-state index in [1.807, 2.05) is 19.1 Å². The highest BCUT2D eigenvalue weighted by Gasteiger charge is 2.13. The summed E-state index contributed by atoms with van der Waals surface area (Å²) in [6, 6.07) is 7.21. The maximum absolute atomic E-state index is 12.0. The molecule has 130 valence electrons. The Bertz CT molecular complexity index is 1050. The number of rotatable bonds is 5. The highest BCUT2D eigenvalue weighted by Crippen LogP contribution is 2.24. The van der Waals surface area contributed by atoms with Crippen molar-refractivity contribution in [3.05, 3.63) is 54.7 Å². The smallest absolute Gasteiger partial charge is 0.251 e. The summed E-state index contributed by atoms with van der Waals surface area (Å²) >= 11 is 0. The summed E-state index contributed by atoms with van der Waals surface area (Å²) in [5, 5.41) is 17.0. The minimum atomic E-state index is -0.118. The molecular weight excluding hydrogens is 332 g/mol. The van der Waals surface area contributed by atoms with Gasteiger partial charge in [0, 0.05) is 29.6 Å². The molecule has 0 spiro atoms. The first-order valence-corrected chi connectivity index (χ1v) is 8.09. The number of nitrogens with one attached hydrogen (secondary N) is 3. The van der Waals surface area contributed by atoms with E-state index in [9.17, 15) is 4.79 Å². The maximum atomic E-state index is 12.0. The SMILES string of the molecule is CCNC(=O)c1cccc(Nc2ncc(-c3cn[nH]c3)n3ncnc23)c1. The average Bonchev–Trinajstić information content (AvgIpc) is 3.35. The Morgan fingerprint density at radius 2 is 2.19 bits per heavy atom. The molecular formula is C17H16N8O. The van der Waals surface area contributed by atoms with Gasteiger partial charge >= 0.3 is 0 Å². The predicted molar refractivity (Wildman–Crippen MR) is 96.1 cm³/mol. The number of hydrogen-bond donors (Lipinski definition) is 3. The molecule has 9 nitrogen and oxygen atoms in total. The molecule has 3 heterocycles. The van der Waals surface area contributed by atoms with Crippen LogP contribution >= 0.6 is 0 Å². The fourth-order valence-corrected chi connectivity index (χ4v) is 2.63. The number of aromatic amines is 1. The molecule has 1 amide bonds. The number of aromatic nitrogens is 6. The van der Waals surface area contributed by atoms with Crippen LogP contribution in [0.5, 0.6) is 0 Å². The van der Waals surface area contributed by atoms with Crippen molar-refractivity contribution in [3.8, 4) is 11.3 Å². The topological polar surface area (TPSA) is 113 Å². The van der Waals surface area contributed by atoms with Gasteiger partial charge in [0.1, 0.15) is 6.33 Å². The van der Waals surface area contributed by atoms with Crippen molar-refractivity contribution in [1.82, 2.24) is 35.1 Å². The minimum absolute atomic E-state index is 0.118. The molecule has 0 unspecified atom stereocenters. The fraction of sp³-hybridized carbons (Fsp3) is 0.118. The highest BCUT2D eigenvalue weighted by molar-refractivity contribution is 5.95. The average molecular weight is 348 g/mol. The molecule has 0 aliphatic carbocycles. The van der Waals surface area contributed by atoms with Gasteiger partial charge in [-0.25, -0.2) is 14.5 Å². The Morgan fingerprint density at radius 3 is 3.00 bits per heavy atom. The third-order valence-electron chi connectivity index (χ3n) is 3.82. The van der Waals surface area contributed by atoms with Crippen LogP contribution in [-0.2, 0) is 0 Å². The van der Waals surface area contributed by atoms with E-state index < -0.39 is 0 Å². The zero-order valence-electron chi connectivity index (χ0n) is 14.0. The third kappa shape index (κ3) is 2.86. The second kappa shape index (κ2) is 6.63. The molecule has 3 aromatic heterocycles. The summed E-state index contributed by atoms with van der Waals surface area (Å²) in [6.45, 7) is 2.46. The molecule has 0 saturated heterocycles. The molecule has 4 rings (SSSR count). The number of carbonyl (C=O) groups excluding carboxylic acids is 1. The minimum Gasteiger partial charge on any atom is -0.352 e. The van der Waals surface area contributed by atoms with Crippen LogP contribution in [-0.4, -0.2) is 42.2 Å². The lowest BCUT2D eigenvalue weighted by Gasteiger charge is -2.10. The molecule has 26 heavy (non-hydrogen) atoms. The molecule has 0 aliphatic rings. The van der Waals surface area contributed by atoms with Crippen molar-refractivity contribution in [2.75, 3.05) is 11.9 Å². The number of nitrogens with zero attached hydrogens (tertiary/aromatic N) is 5. The van der Waals surface area contributed by atoms with Crippen molar-refractivity contribution in [1.29, 1.82) is 0 Å². The van der Waals surface area contributed by atoms with Crippen molar-refractivity contribution in [2.24, 2.45) is 0 Å². The Balaban J connectivity index is 1.69. The number of anilines is 2. The van der Waals surface area contributed by atoms with Gasteiger partial charge in [0.2, 0.25) is 0 Å². The van der Waals surface area contributed by atoms with Crippen LogP contribution in [0.2, 0.25) is 0 Å².